The summed E-state index contributed by atoms with van der Waals surface area (Å²) in [6.07, 6.45) is 0.946. The number of carbonyl (C=O) groups excluding carboxylic acids is 1. The second kappa shape index (κ2) is 7.00. The molecule has 2 aromatic rings. The fourth-order valence-electron chi connectivity index (χ4n) is 3.76. The standard InChI is InChI=1S/C18H25N5O2S/c1-12-10-13(2)23(20-12)15-4-5-22(11-15)17(24)16-14(3)19-18(26-16)21-6-8-25-9-7-21/h10,15H,4-9,11H2,1-3H3. The fraction of sp³-hybridized carbons (Fsp3) is 0.611. The first-order valence-electron chi connectivity index (χ1n) is 9.15. The van der Waals surface area contributed by atoms with Crippen LogP contribution < -0.4 is 4.90 Å². The van der Waals surface area contributed by atoms with Gasteiger partial charge in [0.2, 0.25) is 0 Å². The minimum absolute atomic E-state index is 0.101. The molecule has 1 unspecified atom stereocenters. The number of likely N-dealkylation sites (tertiary alicyclic amines) is 1. The number of carbonyl (C=O) groups is 1. The van der Waals surface area contributed by atoms with Gasteiger partial charge in [0.15, 0.2) is 5.13 Å². The smallest absolute Gasteiger partial charge is 0.265 e. The lowest BCUT2D eigenvalue weighted by molar-refractivity contribution is 0.0790. The monoisotopic (exact) mass is 375 g/mol. The fourth-order valence-corrected chi connectivity index (χ4v) is 4.84. The molecule has 0 aliphatic carbocycles. The Morgan fingerprint density at radius 1 is 1.23 bits per heavy atom. The SMILES string of the molecule is Cc1cc(C)n(C2CCN(C(=O)c3sc(N4CCOCC4)nc3C)C2)n1. The summed E-state index contributed by atoms with van der Waals surface area (Å²) in [5, 5.41) is 5.53. The third-order valence-corrected chi connectivity index (χ3v) is 6.31. The number of hydrogen-bond donors (Lipinski definition) is 0. The predicted molar refractivity (Wildman–Crippen MR) is 101 cm³/mol. The molecule has 0 N–H and O–H groups in total. The number of amides is 1. The van der Waals surface area contributed by atoms with Gasteiger partial charge in [-0.25, -0.2) is 4.98 Å². The molecule has 2 aliphatic rings. The van der Waals surface area contributed by atoms with Crippen molar-refractivity contribution in [3.63, 3.8) is 0 Å². The normalized spacial score (nSPS) is 20.8. The zero-order valence-corrected chi connectivity index (χ0v) is 16.4. The summed E-state index contributed by atoms with van der Waals surface area (Å²) >= 11 is 1.51. The highest BCUT2D eigenvalue weighted by molar-refractivity contribution is 7.17. The maximum atomic E-state index is 13.1. The molecule has 0 bridgehead atoms. The highest BCUT2D eigenvalue weighted by Gasteiger charge is 2.31. The van der Waals surface area contributed by atoms with E-state index in [9.17, 15) is 4.79 Å². The Kier molecular flexibility index (Phi) is 4.71. The van der Waals surface area contributed by atoms with Crippen LogP contribution in [0, 0.1) is 20.8 Å². The Balaban J connectivity index is 1.48. The lowest BCUT2D eigenvalue weighted by Gasteiger charge is -2.26. The molecule has 1 amide bonds. The molecular formula is C18H25N5O2S. The molecule has 2 saturated heterocycles. The summed E-state index contributed by atoms with van der Waals surface area (Å²) < 4.78 is 7.47. The summed E-state index contributed by atoms with van der Waals surface area (Å²) in [6.45, 7) is 10.6. The first-order chi connectivity index (χ1) is 12.5. The van der Waals surface area contributed by atoms with E-state index in [0.29, 0.717) is 6.54 Å². The molecule has 2 fully saturated rings. The maximum absolute atomic E-state index is 13.1. The second-order valence-electron chi connectivity index (χ2n) is 7.08. The third-order valence-electron chi connectivity index (χ3n) is 5.10. The predicted octanol–water partition coefficient (Wildman–Crippen LogP) is 2.19. The Bertz CT molecular complexity index is 809. The van der Waals surface area contributed by atoms with Crippen LogP contribution in [0.15, 0.2) is 6.07 Å². The second-order valence-corrected chi connectivity index (χ2v) is 8.05. The average molecular weight is 375 g/mol. The van der Waals surface area contributed by atoms with Crippen LogP contribution in [-0.4, -0.2) is 65.0 Å². The molecule has 4 heterocycles. The summed E-state index contributed by atoms with van der Waals surface area (Å²) in [7, 11) is 0. The molecule has 2 aliphatic heterocycles. The van der Waals surface area contributed by atoms with Gasteiger partial charge in [0, 0.05) is 31.9 Å². The van der Waals surface area contributed by atoms with Crippen LogP contribution in [0.4, 0.5) is 5.13 Å². The van der Waals surface area contributed by atoms with Crippen LogP contribution >= 0.6 is 11.3 Å². The maximum Gasteiger partial charge on any atom is 0.265 e. The first-order valence-corrected chi connectivity index (χ1v) is 9.96. The zero-order valence-electron chi connectivity index (χ0n) is 15.6. The zero-order chi connectivity index (χ0) is 18.3. The van der Waals surface area contributed by atoms with Crippen molar-refractivity contribution in [3.8, 4) is 0 Å². The van der Waals surface area contributed by atoms with Gasteiger partial charge in [-0.1, -0.05) is 11.3 Å². The van der Waals surface area contributed by atoms with Crippen molar-refractivity contribution in [2.45, 2.75) is 33.2 Å². The summed E-state index contributed by atoms with van der Waals surface area (Å²) in [4.78, 5) is 22.6. The highest BCUT2D eigenvalue weighted by atomic mass is 32.1. The van der Waals surface area contributed by atoms with Crippen molar-refractivity contribution >= 4 is 22.4 Å². The summed E-state index contributed by atoms with van der Waals surface area (Å²) in [6, 6.07) is 2.35. The topological polar surface area (TPSA) is 63.5 Å². The molecule has 7 nitrogen and oxygen atoms in total. The molecule has 0 spiro atoms. The number of aryl methyl sites for hydroxylation is 3. The van der Waals surface area contributed by atoms with Crippen molar-refractivity contribution in [3.05, 3.63) is 28.0 Å². The largest absolute Gasteiger partial charge is 0.378 e. The number of thiazole rings is 1. The molecule has 8 heteroatoms. The lowest BCUT2D eigenvalue weighted by atomic mass is 10.2. The van der Waals surface area contributed by atoms with Crippen LogP contribution in [0.25, 0.3) is 0 Å². The van der Waals surface area contributed by atoms with E-state index in [1.807, 2.05) is 18.7 Å². The first kappa shape index (κ1) is 17.5. The molecule has 2 aromatic heterocycles. The number of ether oxygens (including phenoxy) is 1. The van der Waals surface area contributed by atoms with E-state index >= 15 is 0 Å². The van der Waals surface area contributed by atoms with E-state index in [2.05, 4.69) is 32.7 Å². The third kappa shape index (κ3) is 3.23. The molecule has 140 valence electrons. The van der Waals surface area contributed by atoms with Gasteiger partial charge in [-0.3, -0.25) is 9.48 Å². The van der Waals surface area contributed by atoms with Gasteiger partial charge in [0.25, 0.3) is 5.91 Å². The van der Waals surface area contributed by atoms with Gasteiger partial charge in [0.05, 0.1) is 30.6 Å². The summed E-state index contributed by atoms with van der Waals surface area (Å²) in [5.41, 5.74) is 3.02. The van der Waals surface area contributed by atoms with Crippen molar-refractivity contribution < 1.29 is 9.53 Å². The number of aromatic nitrogens is 3. The Morgan fingerprint density at radius 2 is 2.00 bits per heavy atom. The van der Waals surface area contributed by atoms with Crippen LogP contribution in [0.3, 0.4) is 0 Å². The minimum atomic E-state index is 0.101. The number of anilines is 1. The van der Waals surface area contributed by atoms with Crippen LogP contribution in [0.1, 0.15) is 39.2 Å². The quantitative estimate of drug-likeness (QED) is 0.823. The van der Waals surface area contributed by atoms with Gasteiger partial charge in [0.1, 0.15) is 4.88 Å². The molecular weight excluding hydrogens is 350 g/mol. The summed E-state index contributed by atoms with van der Waals surface area (Å²) in [5.74, 6) is 0.101. The highest BCUT2D eigenvalue weighted by Crippen LogP contribution is 2.30. The van der Waals surface area contributed by atoms with E-state index in [-0.39, 0.29) is 11.9 Å². The van der Waals surface area contributed by atoms with Crippen molar-refractivity contribution in [2.75, 3.05) is 44.3 Å². The van der Waals surface area contributed by atoms with Crippen molar-refractivity contribution in [2.24, 2.45) is 0 Å². The van der Waals surface area contributed by atoms with Gasteiger partial charge >= 0.3 is 0 Å². The minimum Gasteiger partial charge on any atom is -0.378 e. The number of nitrogens with zero attached hydrogens (tertiary/aromatic N) is 5. The molecule has 26 heavy (non-hydrogen) atoms. The average Bonchev–Trinajstić information content (AvgIpc) is 3.34. The van der Waals surface area contributed by atoms with Crippen molar-refractivity contribution in [1.29, 1.82) is 0 Å². The van der Waals surface area contributed by atoms with Gasteiger partial charge in [-0.05, 0) is 33.3 Å². The molecule has 4 rings (SSSR count). The number of morpholine rings is 1. The van der Waals surface area contributed by atoms with E-state index in [1.165, 1.54) is 11.3 Å². The van der Waals surface area contributed by atoms with E-state index < -0.39 is 0 Å². The Labute approximate surface area is 157 Å². The Morgan fingerprint density at radius 3 is 2.69 bits per heavy atom. The Hall–Kier alpha value is -1.93. The van der Waals surface area contributed by atoms with Gasteiger partial charge in [-0.2, -0.15) is 5.10 Å². The van der Waals surface area contributed by atoms with Crippen LogP contribution in [0.2, 0.25) is 0 Å². The van der Waals surface area contributed by atoms with E-state index in [4.69, 9.17) is 4.74 Å². The van der Waals surface area contributed by atoms with E-state index in [1.54, 1.807) is 0 Å². The van der Waals surface area contributed by atoms with Crippen LogP contribution in [0.5, 0.6) is 0 Å². The molecule has 1 atom stereocenters. The van der Waals surface area contributed by atoms with Crippen LogP contribution in [-0.2, 0) is 4.74 Å². The van der Waals surface area contributed by atoms with Gasteiger partial charge < -0.3 is 14.5 Å². The molecule has 0 saturated carbocycles. The molecule has 0 aromatic carbocycles. The number of hydrogen-bond acceptors (Lipinski definition) is 6. The number of rotatable bonds is 3. The molecule has 0 radical (unpaired) electrons. The lowest BCUT2D eigenvalue weighted by Crippen LogP contribution is -2.36. The van der Waals surface area contributed by atoms with Gasteiger partial charge in [-0.15, -0.1) is 0 Å². The van der Waals surface area contributed by atoms with Crippen molar-refractivity contribution in [1.82, 2.24) is 19.7 Å². The van der Waals surface area contributed by atoms with E-state index in [0.717, 1.165) is 66.4 Å².